The van der Waals surface area contributed by atoms with E-state index in [4.69, 9.17) is 10.1 Å². The third-order valence-corrected chi connectivity index (χ3v) is 2.56. The van der Waals surface area contributed by atoms with Crippen LogP contribution in [-0.4, -0.2) is 18.4 Å². The van der Waals surface area contributed by atoms with Crippen molar-refractivity contribution in [2.24, 2.45) is 0 Å². The molecule has 1 aromatic carbocycles. The molecule has 0 saturated carbocycles. The predicted molar refractivity (Wildman–Crippen MR) is 56.0 cm³/mol. The smallest absolute Gasteiger partial charge is 0.423 e. The molecule has 2 rings (SSSR count). The summed E-state index contributed by atoms with van der Waals surface area (Å²) < 4.78 is 5.40. The Morgan fingerprint density at radius 1 is 1.50 bits per heavy atom. The van der Waals surface area contributed by atoms with Crippen LogP contribution in [0.1, 0.15) is 25.0 Å². The van der Waals surface area contributed by atoms with E-state index in [2.05, 4.69) is 0 Å². The lowest BCUT2D eigenvalue weighted by atomic mass is 9.78. The summed E-state index contributed by atoms with van der Waals surface area (Å²) in [6.07, 6.45) is 1.29. The van der Waals surface area contributed by atoms with Gasteiger partial charge < -0.3 is 15.1 Å². The normalized spacial score (nSPS) is 18.1. The van der Waals surface area contributed by atoms with Crippen molar-refractivity contribution in [2.45, 2.75) is 19.4 Å². The average Bonchev–Trinajstić information content (AvgIpc) is 2.37. The van der Waals surface area contributed by atoms with Crippen LogP contribution in [0.5, 0.6) is 0 Å². The van der Waals surface area contributed by atoms with Gasteiger partial charge in [-0.1, -0.05) is 12.1 Å². The molecule has 1 aromatic rings. The molecular formula is C10H12BNO2. The number of benzene rings is 1. The molecule has 0 saturated heterocycles. The molecule has 1 heterocycles. The van der Waals surface area contributed by atoms with E-state index in [1.54, 1.807) is 6.07 Å². The minimum absolute atomic E-state index is 0.465. The van der Waals surface area contributed by atoms with E-state index in [9.17, 15) is 5.02 Å². The van der Waals surface area contributed by atoms with Gasteiger partial charge in [0, 0.05) is 6.21 Å². The van der Waals surface area contributed by atoms with Crippen LogP contribution >= 0.6 is 0 Å². The van der Waals surface area contributed by atoms with Gasteiger partial charge in [0.2, 0.25) is 0 Å². The van der Waals surface area contributed by atoms with Crippen LogP contribution in [-0.2, 0) is 10.3 Å². The first-order chi connectivity index (χ1) is 6.54. The molecule has 0 aromatic heterocycles. The molecule has 0 amide bonds. The van der Waals surface area contributed by atoms with Crippen molar-refractivity contribution in [3.8, 4) is 0 Å². The average molecular weight is 189 g/mol. The van der Waals surface area contributed by atoms with Crippen molar-refractivity contribution in [2.75, 3.05) is 0 Å². The van der Waals surface area contributed by atoms with Crippen molar-refractivity contribution in [3.05, 3.63) is 29.3 Å². The van der Waals surface area contributed by atoms with Crippen LogP contribution in [0.2, 0.25) is 0 Å². The summed E-state index contributed by atoms with van der Waals surface area (Å²) in [4.78, 5) is 0. The van der Waals surface area contributed by atoms with Crippen LogP contribution in [0.4, 0.5) is 0 Å². The number of fused-ring (bicyclic) bond motifs is 1. The minimum atomic E-state index is -0.834. The molecule has 0 fully saturated rings. The second kappa shape index (κ2) is 2.93. The summed E-state index contributed by atoms with van der Waals surface area (Å²) in [5, 5.41) is 16.8. The summed E-state index contributed by atoms with van der Waals surface area (Å²) in [6.45, 7) is 3.82. The Labute approximate surface area is 83.4 Å². The zero-order valence-electron chi connectivity index (χ0n) is 8.24. The summed E-state index contributed by atoms with van der Waals surface area (Å²) >= 11 is 0. The molecule has 0 aliphatic carbocycles. The fraction of sp³-hybridized carbons (Fsp3) is 0.300. The molecule has 0 radical (unpaired) electrons. The van der Waals surface area contributed by atoms with E-state index in [0.717, 1.165) is 16.6 Å². The summed E-state index contributed by atoms with van der Waals surface area (Å²) in [7, 11) is -0.834. The molecule has 0 spiro atoms. The molecule has 2 N–H and O–H groups in total. The molecule has 4 heteroatoms. The lowest BCUT2D eigenvalue weighted by Gasteiger charge is -2.19. The van der Waals surface area contributed by atoms with Gasteiger partial charge >= 0.3 is 7.12 Å². The molecule has 1 aliphatic heterocycles. The molecule has 0 unspecified atom stereocenters. The highest BCUT2D eigenvalue weighted by molar-refractivity contribution is 6.62. The molecule has 14 heavy (non-hydrogen) atoms. The largest absolute Gasteiger partial charge is 0.492 e. The number of nitrogens with one attached hydrogen (secondary N) is 1. The van der Waals surface area contributed by atoms with Crippen LogP contribution in [0.15, 0.2) is 18.2 Å². The lowest BCUT2D eigenvalue weighted by molar-refractivity contribution is 0.101. The fourth-order valence-corrected chi connectivity index (χ4v) is 1.81. The van der Waals surface area contributed by atoms with Crippen molar-refractivity contribution < 1.29 is 9.68 Å². The van der Waals surface area contributed by atoms with Crippen molar-refractivity contribution in [1.82, 2.24) is 0 Å². The highest BCUT2D eigenvalue weighted by Crippen LogP contribution is 2.29. The SMILES string of the molecule is CC1(C)OB(O)c2ccc(C=N)cc21. The van der Waals surface area contributed by atoms with E-state index < -0.39 is 12.7 Å². The second-order valence-electron chi connectivity index (χ2n) is 3.97. The van der Waals surface area contributed by atoms with E-state index in [0.29, 0.717) is 0 Å². The van der Waals surface area contributed by atoms with Crippen LogP contribution < -0.4 is 5.46 Å². The van der Waals surface area contributed by atoms with E-state index in [-0.39, 0.29) is 0 Å². The maximum absolute atomic E-state index is 9.60. The van der Waals surface area contributed by atoms with Crippen molar-refractivity contribution in [3.63, 3.8) is 0 Å². The first kappa shape index (κ1) is 9.43. The molecule has 0 bridgehead atoms. The Balaban J connectivity index is 2.59. The maximum Gasteiger partial charge on any atom is 0.492 e. The van der Waals surface area contributed by atoms with Gasteiger partial charge in [-0.15, -0.1) is 0 Å². The zero-order chi connectivity index (χ0) is 10.3. The first-order valence-electron chi connectivity index (χ1n) is 4.55. The van der Waals surface area contributed by atoms with Gasteiger partial charge in [-0.25, -0.2) is 0 Å². The molecule has 0 atom stereocenters. The quantitative estimate of drug-likeness (QED) is 0.503. The van der Waals surface area contributed by atoms with Gasteiger partial charge in [0.25, 0.3) is 0 Å². The van der Waals surface area contributed by atoms with Gasteiger partial charge in [0.05, 0.1) is 5.60 Å². The van der Waals surface area contributed by atoms with Crippen molar-refractivity contribution >= 4 is 18.8 Å². The predicted octanol–water partition coefficient (Wildman–Crippen LogP) is 0.637. The summed E-state index contributed by atoms with van der Waals surface area (Å²) in [6, 6.07) is 5.51. The molecular weight excluding hydrogens is 177 g/mol. The van der Waals surface area contributed by atoms with E-state index in [1.165, 1.54) is 6.21 Å². The number of hydrogen-bond acceptors (Lipinski definition) is 3. The third kappa shape index (κ3) is 1.27. The Kier molecular flexibility index (Phi) is 1.98. The van der Waals surface area contributed by atoms with Gasteiger partial charge in [-0.3, -0.25) is 0 Å². The summed E-state index contributed by atoms with van der Waals surface area (Å²) in [5.74, 6) is 0. The number of hydrogen-bond donors (Lipinski definition) is 2. The second-order valence-corrected chi connectivity index (χ2v) is 3.97. The van der Waals surface area contributed by atoms with Crippen LogP contribution in [0.3, 0.4) is 0 Å². The van der Waals surface area contributed by atoms with E-state index in [1.807, 2.05) is 26.0 Å². The molecule has 72 valence electrons. The number of rotatable bonds is 1. The standard InChI is InChI=1S/C10H12BNO2/c1-10(2)8-5-7(6-12)3-4-9(8)11(13)14-10/h3-6,12-13H,1-2H3. The summed E-state index contributed by atoms with van der Waals surface area (Å²) in [5.41, 5.74) is 2.13. The monoisotopic (exact) mass is 189 g/mol. The minimum Gasteiger partial charge on any atom is -0.423 e. The van der Waals surface area contributed by atoms with Crippen LogP contribution in [0.25, 0.3) is 0 Å². The topological polar surface area (TPSA) is 53.3 Å². The lowest BCUT2D eigenvalue weighted by Crippen LogP contribution is -2.28. The van der Waals surface area contributed by atoms with Crippen molar-refractivity contribution in [1.29, 1.82) is 5.41 Å². The highest BCUT2D eigenvalue weighted by atomic mass is 16.5. The zero-order valence-corrected chi connectivity index (χ0v) is 8.24. The molecule has 1 aliphatic rings. The Morgan fingerprint density at radius 3 is 2.86 bits per heavy atom. The van der Waals surface area contributed by atoms with Gasteiger partial charge in [0.15, 0.2) is 0 Å². The maximum atomic E-state index is 9.60. The first-order valence-corrected chi connectivity index (χ1v) is 4.55. The highest BCUT2D eigenvalue weighted by Gasteiger charge is 2.40. The van der Waals surface area contributed by atoms with Gasteiger partial charge in [0.1, 0.15) is 0 Å². The molecule has 3 nitrogen and oxygen atoms in total. The third-order valence-electron chi connectivity index (χ3n) is 2.56. The van der Waals surface area contributed by atoms with E-state index >= 15 is 0 Å². The van der Waals surface area contributed by atoms with Gasteiger partial charge in [-0.2, -0.15) is 0 Å². The van der Waals surface area contributed by atoms with Gasteiger partial charge in [-0.05, 0) is 36.5 Å². The van der Waals surface area contributed by atoms with Crippen LogP contribution in [0, 0.1) is 5.41 Å². The Hall–Kier alpha value is -1.13. The Bertz CT molecular complexity index is 390. The fourth-order valence-electron chi connectivity index (χ4n) is 1.81. The Morgan fingerprint density at radius 2 is 2.21 bits per heavy atom.